The van der Waals surface area contributed by atoms with Gasteiger partial charge in [-0.2, -0.15) is 0 Å². The topological polar surface area (TPSA) is 74.6 Å². The van der Waals surface area contributed by atoms with Crippen LogP contribution < -0.4 is 0 Å². The molecule has 0 aliphatic heterocycles. The van der Waals surface area contributed by atoms with Crippen LogP contribution in [0.3, 0.4) is 0 Å². The highest BCUT2D eigenvalue weighted by atomic mass is 32.2. The smallest absolute Gasteiger partial charge is 0.202 e. The Bertz CT molecular complexity index is 577. The van der Waals surface area contributed by atoms with Gasteiger partial charge in [-0.1, -0.05) is 32.0 Å². The van der Waals surface area contributed by atoms with Crippen molar-refractivity contribution >= 4 is 9.84 Å². The monoisotopic (exact) mass is 282 g/mol. The molecular formula is C14H18O4S. The first-order valence-corrected chi connectivity index (χ1v) is 7.72. The molecule has 1 aliphatic carbocycles. The van der Waals surface area contributed by atoms with Gasteiger partial charge in [-0.15, -0.1) is 0 Å². The van der Waals surface area contributed by atoms with Crippen LogP contribution in [0.15, 0.2) is 46.2 Å². The zero-order valence-electron chi connectivity index (χ0n) is 10.9. The SMILES string of the molecule is C[C@@H]1[C@H](O)[C@@H](C)C(S(=O)(=O)c2ccccc2)=C[C@@H]1O. The van der Waals surface area contributed by atoms with E-state index in [9.17, 15) is 18.6 Å². The molecule has 4 nitrogen and oxygen atoms in total. The van der Waals surface area contributed by atoms with Gasteiger partial charge in [-0.3, -0.25) is 0 Å². The molecule has 0 saturated heterocycles. The molecule has 104 valence electrons. The summed E-state index contributed by atoms with van der Waals surface area (Å²) >= 11 is 0. The van der Waals surface area contributed by atoms with E-state index in [4.69, 9.17) is 0 Å². The van der Waals surface area contributed by atoms with Gasteiger partial charge in [0.15, 0.2) is 0 Å². The molecule has 1 aliphatic rings. The number of rotatable bonds is 2. The zero-order chi connectivity index (χ0) is 14.2. The number of aliphatic hydroxyl groups excluding tert-OH is 2. The van der Waals surface area contributed by atoms with Crippen LogP contribution in [0.4, 0.5) is 0 Å². The lowest BCUT2D eigenvalue weighted by Gasteiger charge is -2.33. The molecule has 4 atom stereocenters. The zero-order valence-corrected chi connectivity index (χ0v) is 11.7. The Kier molecular flexibility index (Phi) is 3.80. The maximum Gasteiger partial charge on any atom is 0.202 e. The fourth-order valence-corrected chi connectivity index (χ4v) is 4.10. The molecule has 0 unspecified atom stereocenters. The van der Waals surface area contributed by atoms with E-state index >= 15 is 0 Å². The minimum Gasteiger partial charge on any atom is -0.392 e. The molecule has 0 amide bonds. The minimum absolute atomic E-state index is 0.0943. The first kappa shape index (κ1) is 14.2. The summed E-state index contributed by atoms with van der Waals surface area (Å²) in [5.41, 5.74) is 0. The van der Waals surface area contributed by atoms with Crippen molar-refractivity contribution in [3.05, 3.63) is 41.3 Å². The van der Waals surface area contributed by atoms with Crippen LogP contribution in [-0.2, 0) is 9.84 Å². The Morgan fingerprint density at radius 3 is 2.21 bits per heavy atom. The Balaban J connectivity index is 2.49. The van der Waals surface area contributed by atoms with E-state index in [0.29, 0.717) is 0 Å². The molecule has 1 aromatic carbocycles. The quantitative estimate of drug-likeness (QED) is 0.858. The maximum absolute atomic E-state index is 12.5. The third-order valence-corrected chi connectivity index (χ3v) is 5.76. The van der Waals surface area contributed by atoms with Gasteiger partial charge in [0, 0.05) is 11.8 Å². The van der Waals surface area contributed by atoms with Gasteiger partial charge in [0.25, 0.3) is 0 Å². The Labute approximate surface area is 113 Å². The summed E-state index contributed by atoms with van der Waals surface area (Å²) in [5, 5.41) is 19.9. The Morgan fingerprint density at radius 2 is 1.63 bits per heavy atom. The van der Waals surface area contributed by atoms with Gasteiger partial charge in [-0.25, -0.2) is 8.42 Å². The van der Waals surface area contributed by atoms with Gasteiger partial charge >= 0.3 is 0 Å². The van der Waals surface area contributed by atoms with E-state index in [1.165, 1.54) is 18.2 Å². The summed E-state index contributed by atoms with van der Waals surface area (Å²) in [6.07, 6.45) is -0.460. The highest BCUT2D eigenvalue weighted by Gasteiger charge is 2.38. The van der Waals surface area contributed by atoms with Crippen LogP contribution in [-0.4, -0.2) is 30.8 Å². The molecule has 2 rings (SSSR count). The third kappa shape index (κ3) is 2.45. The fourth-order valence-electron chi connectivity index (χ4n) is 2.37. The lowest BCUT2D eigenvalue weighted by atomic mass is 9.84. The number of aliphatic hydroxyl groups is 2. The van der Waals surface area contributed by atoms with Crippen LogP contribution in [0.25, 0.3) is 0 Å². The average molecular weight is 282 g/mol. The van der Waals surface area contributed by atoms with Crippen molar-refractivity contribution in [2.75, 3.05) is 0 Å². The van der Waals surface area contributed by atoms with Crippen molar-refractivity contribution < 1.29 is 18.6 Å². The highest BCUT2D eigenvalue weighted by molar-refractivity contribution is 7.95. The molecule has 0 saturated carbocycles. The molecule has 0 aromatic heterocycles. The Morgan fingerprint density at radius 1 is 1.05 bits per heavy atom. The van der Waals surface area contributed by atoms with E-state index in [1.807, 2.05) is 0 Å². The molecule has 19 heavy (non-hydrogen) atoms. The molecule has 0 heterocycles. The van der Waals surface area contributed by atoms with Gasteiger partial charge < -0.3 is 10.2 Å². The lowest BCUT2D eigenvalue weighted by Crippen LogP contribution is -2.40. The summed E-state index contributed by atoms with van der Waals surface area (Å²) < 4.78 is 25.0. The maximum atomic E-state index is 12.5. The minimum atomic E-state index is -3.66. The van der Waals surface area contributed by atoms with Crippen LogP contribution in [0.1, 0.15) is 13.8 Å². The highest BCUT2D eigenvalue weighted by Crippen LogP contribution is 2.35. The van der Waals surface area contributed by atoms with Crippen molar-refractivity contribution in [1.82, 2.24) is 0 Å². The number of benzene rings is 1. The van der Waals surface area contributed by atoms with Gasteiger partial charge in [0.1, 0.15) is 0 Å². The number of hydrogen-bond acceptors (Lipinski definition) is 4. The number of sulfone groups is 1. The van der Waals surface area contributed by atoms with Crippen LogP contribution >= 0.6 is 0 Å². The predicted molar refractivity (Wildman–Crippen MR) is 72.1 cm³/mol. The second kappa shape index (κ2) is 5.07. The van der Waals surface area contributed by atoms with E-state index in [2.05, 4.69) is 0 Å². The normalized spacial score (nSPS) is 31.9. The molecule has 1 aromatic rings. The van der Waals surface area contributed by atoms with Crippen molar-refractivity contribution in [3.63, 3.8) is 0 Å². The first-order valence-electron chi connectivity index (χ1n) is 6.23. The fraction of sp³-hybridized carbons (Fsp3) is 0.429. The van der Waals surface area contributed by atoms with Crippen molar-refractivity contribution in [2.45, 2.75) is 31.0 Å². The Hall–Kier alpha value is -1.17. The van der Waals surface area contributed by atoms with Crippen molar-refractivity contribution in [3.8, 4) is 0 Å². The molecule has 0 spiro atoms. The first-order chi connectivity index (χ1) is 8.85. The molecule has 0 bridgehead atoms. The number of hydrogen-bond donors (Lipinski definition) is 2. The van der Waals surface area contributed by atoms with Gasteiger partial charge in [0.05, 0.1) is 22.0 Å². The van der Waals surface area contributed by atoms with Crippen molar-refractivity contribution in [1.29, 1.82) is 0 Å². The summed E-state index contributed by atoms with van der Waals surface area (Å²) in [6, 6.07) is 8.07. The molecule has 2 N–H and O–H groups in total. The largest absolute Gasteiger partial charge is 0.392 e. The van der Waals surface area contributed by atoms with E-state index in [0.717, 1.165) is 0 Å². The van der Waals surface area contributed by atoms with E-state index in [-0.39, 0.29) is 15.7 Å². The summed E-state index contributed by atoms with van der Waals surface area (Å²) in [6.45, 7) is 3.37. The molecule has 0 fully saturated rings. The standard InChI is InChI=1S/C14H18O4S/c1-9-12(15)8-13(10(2)14(9)16)19(17,18)11-6-4-3-5-7-11/h3-10,12,14-16H,1-2H3/t9-,10-,12-,14-/m0/s1. The van der Waals surface area contributed by atoms with Crippen LogP contribution in [0, 0.1) is 11.8 Å². The molecule has 5 heteroatoms. The lowest BCUT2D eigenvalue weighted by molar-refractivity contribution is 0.0123. The molecule has 0 radical (unpaired) electrons. The van der Waals surface area contributed by atoms with E-state index < -0.39 is 28.0 Å². The third-order valence-electron chi connectivity index (χ3n) is 3.74. The predicted octanol–water partition coefficient (Wildman–Crippen LogP) is 1.35. The van der Waals surface area contributed by atoms with Gasteiger partial charge in [-0.05, 0) is 18.2 Å². The van der Waals surface area contributed by atoms with Crippen molar-refractivity contribution in [2.24, 2.45) is 11.8 Å². The summed E-state index contributed by atoms with van der Waals surface area (Å²) in [5.74, 6) is -0.895. The van der Waals surface area contributed by atoms with Crippen LogP contribution in [0.5, 0.6) is 0 Å². The average Bonchev–Trinajstić information content (AvgIpc) is 2.41. The summed E-state index contributed by atoms with van der Waals surface area (Å²) in [4.78, 5) is 0.277. The van der Waals surface area contributed by atoms with E-state index in [1.54, 1.807) is 32.0 Å². The van der Waals surface area contributed by atoms with Gasteiger partial charge in [0.2, 0.25) is 9.84 Å². The second-order valence-electron chi connectivity index (χ2n) is 5.01. The molecular weight excluding hydrogens is 264 g/mol. The summed E-state index contributed by atoms with van der Waals surface area (Å²) in [7, 11) is -3.66. The van der Waals surface area contributed by atoms with Crippen LogP contribution in [0.2, 0.25) is 0 Å². The second-order valence-corrected chi connectivity index (χ2v) is 6.96.